The zero-order chi connectivity index (χ0) is 19.8. The summed E-state index contributed by atoms with van der Waals surface area (Å²) in [6.45, 7) is 6.17. The molecule has 3 aromatic heterocycles. The van der Waals surface area contributed by atoms with Gasteiger partial charge in [-0.15, -0.1) is 21.5 Å². The van der Waals surface area contributed by atoms with Gasteiger partial charge in [0.05, 0.1) is 11.9 Å². The molecule has 9 heteroatoms. The number of aryl methyl sites for hydroxylation is 1. The normalized spacial score (nSPS) is 11.1. The number of rotatable bonds is 5. The predicted molar refractivity (Wildman–Crippen MR) is 109 cm³/mol. The Morgan fingerprint density at radius 3 is 2.50 bits per heavy atom. The SMILES string of the molecule is Cc1[nH]c(-c2nnc(Sc3ncc(C(=O)O)s3)n2-c2ccccc2)c(C)c1C. The van der Waals surface area contributed by atoms with E-state index in [-0.39, 0.29) is 4.88 Å². The molecular weight excluding hydrogens is 394 g/mol. The molecule has 28 heavy (non-hydrogen) atoms. The van der Waals surface area contributed by atoms with Crippen LogP contribution in [-0.4, -0.2) is 35.8 Å². The fourth-order valence-electron chi connectivity index (χ4n) is 2.86. The highest BCUT2D eigenvalue weighted by atomic mass is 32.2. The van der Waals surface area contributed by atoms with E-state index in [0.29, 0.717) is 15.3 Å². The van der Waals surface area contributed by atoms with Crippen molar-refractivity contribution in [3.05, 3.63) is 58.2 Å². The summed E-state index contributed by atoms with van der Waals surface area (Å²) in [6.07, 6.45) is 1.36. The van der Waals surface area contributed by atoms with Crippen molar-refractivity contribution >= 4 is 29.1 Å². The smallest absolute Gasteiger partial charge is 0.347 e. The average molecular weight is 412 g/mol. The first-order valence-corrected chi connectivity index (χ1v) is 10.1. The minimum atomic E-state index is -0.984. The van der Waals surface area contributed by atoms with Crippen LogP contribution in [0.25, 0.3) is 17.2 Å². The second kappa shape index (κ2) is 7.25. The number of nitrogens with zero attached hydrogens (tertiary/aromatic N) is 4. The minimum Gasteiger partial charge on any atom is -0.477 e. The number of aromatic carboxylic acids is 1. The summed E-state index contributed by atoms with van der Waals surface area (Å²) in [5, 5.41) is 18.6. The fraction of sp³-hybridized carbons (Fsp3) is 0.158. The third-order valence-corrected chi connectivity index (χ3v) is 6.56. The third kappa shape index (κ3) is 3.23. The molecule has 1 aromatic carbocycles. The molecule has 0 unspecified atom stereocenters. The van der Waals surface area contributed by atoms with Crippen molar-refractivity contribution in [1.29, 1.82) is 0 Å². The van der Waals surface area contributed by atoms with E-state index >= 15 is 0 Å². The van der Waals surface area contributed by atoms with Crippen molar-refractivity contribution in [1.82, 2.24) is 24.7 Å². The number of carbonyl (C=O) groups is 1. The lowest BCUT2D eigenvalue weighted by Gasteiger charge is -2.09. The van der Waals surface area contributed by atoms with Crippen LogP contribution in [0, 0.1) is 20.8 Å². The maximum absolute atomic E-state index is 11.1. The number of carboxylic acids is 1. The van der Waals surface area contributed by atoms with E-state index in [4.69, 9.17) is 5.11 Å². The van der Waals surface area contributed by atoms with Crippen LogP contribution in [0.1, 0.15) is 26.5 Å². The standard InChI is InChI=1S/C19H17N5O2S2/c1-10-11(2)15(21-12(10)3)16-22-23-18(24(16)13-7-5-4-6-8-13)28-19-20-9-14(27-19)17(25)26/h4-9,21H,1-3H3,(H,25,26). The molecular formula is C19H17N5O2S2. The number of benzene rings is 1. The van der Waals surface area contributed by atoms with Gasteiger partial charge in [-0.2, -0.15) is 0 Å². The van der Waals surface area contributed by atoms with Crippen LogP contribution in [0.4, 0.5) is 0 Å². The molecule has 0 bridgehead atoms. The molecule has 0 aliphatic rings. The molecule has 7 nitrogen and oxygen atoms in total. The summed E-state index contributed by atoms with van der Waals surface area (Å²) in [7, 11) is 0. The lowest BCUT2D eigenvalue weighted by Crippen LogP contribution is -2.00. The number of aromatic amines is 1. The summed E-state index contributed by atoms with van der Waals surface area (Å²) in [6, 6.07) is 9.84. The Hall–Kier alpha value is -2.91. The maximum Gasteiger partial charge on any atom is 0.347 e. The van der Waals surface area contributed by atoms with Gasteiger partial charge in [-0.1, -0.05) is 18.2 Å². The van der Waals surface area contributed by atoms with E-state index in [9.17, 15) is 4.79 Å². The van der Waals surface area contributed by atoms with Crippen molar-refractivity contribution in [3.8, 4) is 17.2 Å². The molecule has 0 saturated heterocycles. The van der Waals surface area contributed by atoms with Crippen LogP contribution >= 0.6 is 23.1 Å². The van der Waals surface area contributed by atoms with Crippen LogP contribution in [0.2, 0.25) is 0 Å². The minimum absolute atomic E-state index is 0.194. The topological polar surface area (TPSA) is 96.7 Å². The van der Waals surface area contributed by atoms with E-state index in [1.54, 1.807) is 0 Å². The number of H-pyrrole nitrogens is 1. The van der Waals surface area contributed by atoms with Gasteiger partial charge < -0.3 is 10.1 Å². The lowest BCUT2D eigenvalue weighted by atomic mass is 10.1. The largest absolute Gasteiger partial charge is 0.477 e. The Bertz CT molecular complexity index is 1160. The van der Waals surface area contributed by atoms with Crippen LogP contribution in [0.5, 0.6) is 0 Å². The number of carboxylic acid groups (broad SMARTS) is 1. The molecule has 0 amide bonds. The van der Waals surface area contributed by atoms with Gasteiger partial charge in [0.2, 0.25) is 5.16 Å². The van der Waals surface area contributed by atoms with E-state index in [1.165, 1.54) is 23.5 Å². The second-order valence-corrected chi connectivity index (χ2v) is 8.49. The summed E-state index contributed by atoms with van der Waals surface area (Å²) in [5.74, 6) is -0.278. The van der Waals surface area contributed by atoms with Gasteiger partial charge in [0.25, 0.3) is 0 Å². The van der Waals surface area contributed by atoms with Gasteiger partial charge in [0, 0.05) is 11.4 Å². The van der Waals surface area contributed by atoms with Crippen molar-refractivity contribution in [3.63, 3.8) is 0 Å². The summed E-state index contributed by atoms with van der Waals surface area (Å²) in [4.78, 5) is 18.9. The van der Waals surface area contributed by atoms with Gasteiger partial charge in [-0.25, -0.2) is 9.78 Å². The molecule has 0 radical (unpaired) electrons. The number of nitrogens with one attached hydrogen (secondary N) is 1. The van der Waals surface area contributed by atoms with Crippen molar-refractivity contribution in [2.24, 2.45) is 0 Å². The molecule has 4 aromatic rings. The van der Waals surface area contributed by atoms with Gasteiger partial charge in [0.1, 0.15) is 4.88 Å². The van der Waals surface area contributed by atoms with Crippen LogP contribution in [0.3, 0.4) is 0 Å². The number of aromatic nitrogens is 5. The Morgan fingerprint density at radius 1 is 1.14 bits per heavy atom. The molecule has 0 spiro atoms. The Kier molecular flexibility index (Phi) is 4.78. The Labute approximate surface area is 169 Å². The zero-order valence-electron chi connectivity index (χ0n) is 15.4. The number of para-hydroxylation sites is 1. The molecule has 142 valence electrons. The highest BCUT2D eigenvalue weighted by molar-refractivity contribution is 8.00. The monoisotopic (exact) mass is 411 g/mol. The van der Waals surface area contributed by atoms with Gasteiger partial charge in [-0.05, 0) is 55.8 Å². The number of hydrogen-bond donors (Lipinski definition) is 2. The molecule has 0 atom stereocenters. The average Bonchev–Trinajstić information content (AvgIpc) is 3.38. The zero-order valence-corrected chi connectivity index (χ0v) is 17.1. The third-order valence-electron chi connectivity index (χ3n) is 4.56. The molecule has 0 aliphatic carbocycles. The quantitative estimate of drug-likeness (QED) is 0.502. The van der Waals surface area contributed by atoms with Crippen LogP contribution in [-0.2, 0) is 0 Å². The lowest BCUT2D eigenvalue weighted by molar-refractivity contribution is 0.0702. The van der Waals surface area contributed by atoms with Crippen LogP contribution < -0.4 is 0 Å². The molecule has 0 aliphatic heterocycles. The van der Waals surface area contributed by atoms with Gasteiger partial charge in [0.15, 0.2) is 10.2 Å². The van der Waals surface area contributed by atoms with Crippen molar-refractivity contribution in [2.45, 2.75) is 30.3 Å². The molecule has 2 N–H and O–H groups in total. The molecule has 4 rings (SSSR count). The Balaban J connectivity index is 1.84. The van der Waals surface area contributed by atoms with E-state index in [2.05, 4.69) is 34.0 Å². The first-order valence-electron chi connectivity index (χ1n) is 8.49. The van der Waals surface area contributed by atoms with Gasteiger partial charge >= 0.3 is 5.97 Å². The highest BCUT2D eigenvalue weighted by Gasteiger charge is 2.22. The summed E-state index contributed by atoms with van der Waals surface area (Å²) >= 11 is 2.42. The first kappa shape index (κ1) is 18.5. The number of hydrogen-bond acceptors (Lipinski definition) is 6. The first-order chi connectivity index (χ1) is 13.5. The highest BCUT2D eigenvalue weighted by Crippen LogP contribution is 2.35. The summed E-state index contributed by atoms with van der Waals surface area (Å²) in [5.41, 5.74) is 5.25. The second-order valence-electron chi connectivity index (χ2n) is 6.25. The molecule has 3 heterocycles. The maximum atomic E-state index is 11.1. The van der Waals surface area contributed by atoms with E-state index in [0.717, 1.165) is 34.0 Å². The van der Waals surface area contributed by atoms with E-state index < -0.39 is 5.97 Å². The fourth-order valence-corrected chi connectivity index (χ4v) is 4.63. The Morgan fingerprint density at radius 2 is 1.89 bits per heavy atom. The summed E-state index contributed by atoms with van der Waals surface area (Å²) < 4.78 is 2.56. The van der Waals surface area contributed by atoms with Crippen molar-refractivity contribution in [2.75, 3.05) is 0 Å². The molecule has 0 fully saturated rings. The predicted octanol–water partition coefficient (Wildman–Crippen LogP) is 4.49. The molecule has 0 saturated carbocycles. The van der Waals surface area contributed by atoms with Crippen molar-refractivity contribution < 1.29 is 9.90 Å². The number of thiazole rings is 1. The van der Waals surface area contributed by atoms with E-state index in [1.807, 2.05) is 41.8 Å². The van der Waals surface area contributed by atoms with Gasteiger partial charge in [-0.3, -0.25) is 4.57 Å². The van der Waals surface area contributed by atoms with Crippen LogP contribution in [0.15, 0.2) is 46.0 Å².